The van der Waals surface area contributed by atoms with Gasteiger partial charge in [0.15, 0.2) is 0 Å². The highest BCUT2D eigenvalue weighted by Gasteiger charge is 2.26. The molecule has 0 unspecified atom stereocenters. The second kappa shape index (κ2) is 8.02. The molecule has 0 N–H and O–H groups in total. The smallest absolute Gasteiger partial charge is 0.244 e. The van der Waals surface area contributed by atoms with Gasteiger partial charge in [-0.1, -0.05) is 18.2 Å². The van der Waals surface area contributed by atoms with Crippen LogP contribution in [0, 0.1) is 11.6 Å². The topological polar surface area (TPSA) is 50.3 Å². The Bertz CT molecular complexity index is 867. The van der Waals surface area contributed by atoms with Gasteiger partial charge in [-0.2, -0.15) is 4.31 Å². The summed E-state index contributed by atoms with van der Waals surface area (Å²) < 4.78 is 53.9. The standard InChI is InChI=1S/C18H20F2N2O2S2/c1-13(16-11-14(19)5-7-17(16)20)25-18-8-6-15(12-21-18)26(23,24)22-9-3-2-4-10-22/h5-8,11-13H,2-4,9-10H2,1H3/t13-/m0/s1. The van der Waals surface area contributed by atoms with Gasteiger partial charge in [-0.3, -0.25) is 0 Å². The van der Waals surface area contributed by atoms with E-state index in [-0.39, 0.29) is 15.7 Å². The van der Waals surface area contributed by atoms with Gasteiger partial charge in [0.05, 0.1) is 5.03 Å². The zero-order valence-electron chi connectivity index (χ0n) is 14.4. The molecule has 1 atom stereocenters. The van der Waals surface area contributed by atoms with E-state index < -0.39 is 21.7 Å². The summed E-state index contributed by atoms with van der Waals surface area (Å²) in [6.07, 6.45) is 4.13. The predicted octanol–water partition coefficient (Wildman–Crippen LogP) is 4.39. The predicted molar refractivity (Wildman–Crippen MR) is 97.5 cm³/mol. The summed E-state index contributed by atoms with van der Waals surface area (Å²) in [5.74, 6) is -0.972. The molecule has 0 radical (unpaired) electrons. The van der Waals surface area contributed by atoms with Crippen molar-refractivity contribution in [3.05, 3.63) is 53.7 Å². The monoisotopic (exact) mass is 398 g/mol. The van der Waals surface area contributed by atoms with Gasteiger partial charge in [-0.25, -0.2) is 22.2 Å². The van der Waals surface area contributed by atoms with Crippen molar-refractivity contribution in [2.75, 3.05) is 13.1 Å². The summed E-state index contributed by atoms with van der Waals surface area (Å²) in [6, 6.07) is 6.48. The summed E-state index contributed by atoms with van der Waals surface area (Å²) in [7, 11) is -3.52. The van der Waals surface area contributed by atoms with Gasteiger partial charge < -0.3 is 0 Å². The molecule has 1 saturated heterocycles. The number of benzene rings is 1. The van der Waals surface area contributed by atoms with Crippen molar-refractivity contribution >= 4 is 21.8 Å². The molecule has 1 fully saturated rings. The van der Waals surface area contributed by atoms with E-state index in [1.165, 1.54) is 34.4 Å². The van der Waals surface area contributed by atoms with Crippen molar-refractivity contribution in [2.24, 2.45) is 0 Å². The lowest BCUT2D eigenvalue weighted by Gasteiger charge is -2.25. The molecule has 1 aromatic carbocycles. The number of sulfonamides is 1. The van der Waals surface area contributed by atoms with E-state index in [1.807, 2.05) is 0 Å². The first-order chi connectivity index (χ1) is 12.4. The van der Waals surface area contributed by atoms with Gasteiger partial charge >= 0.3 is 0 Å². The van der Waals surface area contributed by atoms with Gasteiger partial charge in [0.2, 0.25) is 10.0 Å². The summed E-state index contributed by atoms with van der Waals surface area (Å²) in [6.45, 7) is 2.83. The van der Waals surface area contributed by atoms with Gasteiger partial charge in [-0.05, 0) is 50.1 Å². The number of halogens is 2. The zero-order valence-corrected chi connectivity index (χ0v) is 16.0. The van der Waals surface area contributed by atoms with Crippen LogP contribution in [0.3, 0.4) is 0 Å². The number of thioether (sulfide) groups is 1. The van der Waals surface area contributed by atoms with Gasteiger partial charge in [-0.15, -0.1) is 0 Å². The number of pyridine rings is 1. The first-order valence-electron chi connectivity index (χ1n) is 8.46. The maximum atomic E-state index is 13.9. The lowest BCUT2D eigenvalue weighted by Crippen LogP contribution is -2.35. The molecule has 4 nitrogen and oxygen atoms in total. The van der Waals surface area contributed by atoms with Crippen LogP contribution < -0.4 is 0 Å². The number of hydrogen-bond acceptors (Lipinski definition) is 4. The second-order valence-corrected chi connectivity index (χ2v) is 9.52. The Morgan fingerprint density at radius 3 is 2.50 bits per heavy atom. The fraction of sp³-hybridized carbons (Fsp3) is 0.389. The van der Waals surface area contributed by atoms with Crippen molar-refractivity contribution in [3.8, 4) is 0 Å². The van der Waals surface area contributed by atoms with Gasteiger partial charge in [0.25, 0.3) is 0 Å². The number of piperidine rings is 1. The molecule has 140 valence electrons. The molecule has 0 aliphatic carbocycles. The van der Waals surface area contributed by atoms with Crippen LogP contribution in [-0.4, -0.2) is 30.8 Å². The first kappa shape index (κ1) is 19.3. The van der Waals surface area contributed by atoms with Gasteiger partial charge in [0, 0.05) is 30.1 Å². The number of aromatic nitrogens is 1. The lowest BCUT2D eigenvalue weighted by atomic mass is 10.1. The summed E-state index contributed by atoms with van der Waals surface area (Å²) in [5.41, 5.74) is 0.252. The van der Waals surface area contributed by atoms with E-state index in [0.717, 1.165) is 31.4 Å². The highest BCUT2D eigenvalue weighted by Crippen LogP contribution is 2.35. The molecule has 1 aromatic heterocycles. The minimum Gasteiger partial charge on any atom is -0.249 e. The van der Waals surface area contributed by atoms with Crippen LogP contribution in [0.4, 0.5) is 8.78 Å². The van der Waals surface area contributed by atoms with Crippen LogP contribution >= 0.6 is 11.8 Å². The van der Waals surface area contributed by atoms with E-state index in [0.29, 0.717) is 18.1 Å². The number of nitrogens with zero attached hydrogens (tertiary/aromatic N) is 2. The third kappa shape index (κ3) is 4.24. The molecule has 0 bridgehead atoms. The Balaban J connectivity index is 1.74. The maximum Gasteiger partial charge on any atom is 0.244 e. The Labute approximate surface area is 156 Å². The SMILES string of the molecule is C[C@H](Sc1ccc(S(=O)(=O)N2CCCCC2)cn1)c1cc(F)ccc1F. The molecule has 8 heteroatoms. The molecule has 1 aliphatic rings. The van der Waals surface area contributed by atoms with Crippen LogP contribution in [0.15, 0.2) is 46.5 Å². The average Bonchev–Trinajstić information content (AvgIpc) is 2.65. The Morgan fingerprint density at radius 2 is 1.85 bits per heavy atom. The molecule has 3 rings (SSSR count). The summed E-state index contributed by atoms with van der Waals surface area (Å²) in [4.78, 5) is 4.36. The minimum absolute atomic E-state index is 0.160. The Kier molecular flexibility index (Phi) is 5.94. The second-order valence-electron chi connectivity index (χ2n) is 6.22. The van der Waals surface area contributed by atoms with Crippen LogP contribution in [0.5, 0.6) is 0 Å². The molecule has 0 spiro atoms. The maximum absolute atomic E-state index is 13.9. The van der Waals surface area contributed by atoms with Gasteiger partial charge in [0.1, 0.15) is 16.5 Å². The van der Waals surface area contributed by atoms with Crippen molar-refractivity contribution in [1.82, 2.24) is 9.29 Å². The van der Waals surface area contributed by atoms with E-state index in [4.69, 9.17) is 0 Å². The molecule has 2 heterocycles. The summed E-state index contributed by atoms with van der Waals surface area (Å²) in [5, 5.41) is 0.196. The normalized spacial score (nSPS) is 17.2. The van der Waals surface area contributed by atoms with E-state index in [2.05, 4.69) is 4.98 Å². The molecule has 1 aliphatic heterocycles. The number of hydrogen-bond donors (Lipinski definition) is 0. The largest absolute Gasteiger partial charge is 0.249 e. The summed E-state index contributed by atoms with van der Waals surface area (Å²) >= 11 is 1.25. The van der Waals surface area contributed by atoms with Crippen molar-refractivity contribution in [1.29, 1.82) is 0 Å². The molecule has 26 heavy (non-hydrogen) atoms. The van der Waals surface area contributed by atoms with Crippen LogP contribution in [0.25, 0.3) is 0 Å². The lowest BCUT2D eigenvalue weighted by molar-refractivity contribution is 0.346. The van der Waals surface area contributed by atoms with Crippen molar-refractivity contribution in [2.45, 2.75) is 41.4 Å². The average molecular weight is 398 g/mol. The van der Waals surface area contributed by atoms with E-state index in [9.17, 15) is 17.2 Å². The van der Waals surface area contributed by atoms with Crippen LogP contribution in [-0.2, 0) is 10.0 Å². The Morgan fingerprint density at radius 1 is 1.12 bits per heavy atom. The fourth-order valence-electron chi connectivity index (χ4n) is 2.91. The van der Waals surface area contributed by atoms with E-state index in [1.54, 1.807) is 13.0 Å². The van der Waals surface area contributed by atoms with Crippen molar-refractivity contribution in [3.63, 3.8) is 0 Å². The minimum atomic E-state index is -3.52. The van der Waals surface area contributed by atoms with Crippen LogP contribution in [0.1, 0.15) is 37.0 Å². The molecular formula is C18H20F2N2O2S2. The third-order valence-corrected chi connectivity index (χ3v) is 7.33. The van der Waals surface area contributed by atoms with Crippen molar-refractivity contribution < 1.29 is 17.2 Å². The third-order valence-electron chi connectivity index (χ3n) is 4.36. The van der Waals surface area contributed by atoms with E-state index >= 15 is 0 Å². The number of rotatable bonds is 5. The molecule has 0 saturated carbocycles. The Hall–Kier alpha value is -1.51. The molecule has 2 aromatic rings. The highest BCUT2D eigenvalue weighted by atomic mass is 32.2. The highest BCUT2D eigenvalue weighted by molar-refractivity contribution is 7.99. The first-order valence-corrected chi connectivity index (χ1v) is 10.8. The fourth-order valence-corrected chi connectivity index (χ4v) is 5.31. The molecular weight excluding hydrogens is 378 g/mol. The van der Waals surface area contributed by atoms with Crippen LogP contribution in [0.2, 0.25) is 0 Å². The molecule has 0 amide bonds. The zero-order chi connectivity index (χ0) is 18.7. The quantitative estimate of drug-likeness (QED) is 0.701.